The van der Waals surface area contributed by atoms with Gasteiger partial charge in [-0.25, -0.2) is 0 Å². The average molecular weight is 474 g/mol. The molecule has 0 aromatic heterocycles. The van der Waals surface area contributed by atoms with Crippen LogP contribution in [0.5, 0.6) is 0 Å². The molecule has 10 radical (unpaired) electrons. The molecule has 0 unspecified atom stereocenters. The summed E-state index contributed by atoms with van der Waals surface area (Å²) in [5.74, 6) is 2.25. The zero-order valence-corrected chi connectivity index (χ0v) is 16.3. The van der Waals surface area contributed by atoms with Crippen LogP contribution in [0.25, 0.3) is 0 Å². The first kappa shape index (κ1) is 43.4. The van der Waals surface area contributed by atoms with Crippen LogP contribution < -0.4 is 0 Å². The summed E-state index contributed by atoms with van der Waals surface area (Å²) in [6.07, 6.45) is 24.6. The van der Waals surface area contributed by atoms with E-state index in [9.17, 15) is 0 Å². The van der Waals surface area contributed by atoms with Crippen molar-refractivity contribution in [3.63, 3.8) is 0 Å². The third-order valence-corrected chi connectivity index (χ3v) is 1.11. The van der Waals surface area contributed by atoms with Crippen LogP contribution >= 0.6 is 0 Å². The van der Waals surface area contributed by atoms with E-state index < -0.39 is 0 Å². The van der Waals surface area contributed by atoms with Crippen LogP contribution in [0.2, 0.25) is 0 Å². The van der Waals surface area contributed by atoms with Gasteiger partial charge in [0.05, 0.1) is 0 Å². The fourth-order valence-corrected chi connectivity index (χ4v) is 0.642. The van der Waals surface area contributed by atoms with Gasteiger partial charge in [-0.2, -0.15) is 0 Å². The molecule has 0 atom stereocenters. The van der Waals surface area contributed by atoms with Gasteiger partial charge in [0.25, 0.3) is 0 Å². The monoisotopic (exact) mass is 478 g/mol. The fourth-order valence-electron chi connectivity index (χ4n) is 0.642. The summed E-state index contributed by atoms with van der Waals surface area (Å²) >= 11 is 0. The Bertz CT molecular complexity index is 208. The minimum absolute atomic E-state index is 0. The predicted molar refractivity (Wildman–Crippen MR) is 73.2 cm³/mol. The molecule has 0 N–H and O–H groups in total. The van der Waals surface area contributed by atoms with E-state index in [2.05, 4.69) is 38.9 Å². The van der Waals surface area contributed by atoms with Gasteiger partial charge in [-0.05, 0) is 71.1 Å². The second-order valence-corrected chi connectivity index (χ2v) is 2.21. The summed E-state index contributed by atoms with van der Waals surface area (Å²) in [5.41, 5.74) is 0. The van der Waals surface area contributed by atoms with E-state index in [4.69, 9.17) is 18.6 Å². The Morgan fingerprint density at radius 1 is 0.522 bits per heavy atom. The molecule has 2 aliphatic rings. The minimum atomic E-state index is 0. The third-order valence-electron chi connectivity index (χ3n) is 1.11. The molecule has 0 aromatic rings. The molecule has 0 bridgehead atoms. The summed E-state index contributed by atoms with van der Waals surface area (Å²) in [5, 5.41) is 0. The number of hydrogen-bond donors (Lipinski definition) is 0. The van der Waals surface area contributed by atoms with Crippen molar-refractivity contribution in [3.8, 4) is 12.3 Å². The molecule has 2 aliphatic carbocycles. The smallest absolute Gasteiger partial charge is 0 e. The quantitative estimate of drug-likeness (QED) is 0.224. The van der Waals surface area contributed by atoms with E-state index >= 15 is 0 Å². The topological polar surface area (TPSA) is 79.6 Å². The standard InChI is InChI=1S/2C5H5.C3H4.4CO.2Mo/c2*1-2-4-5-3-1;1-3-2;4*1-2;;/h2*1-5H;1H,2H3;;;;;;. The molecular formula is C17H14Mo2O4. The van der Waals surface area contributed by atoms with Crippen LogP contribution in [0, 0.1) is 103 Å². The van der Waals surface area contributed by atoms with Crippen LogP contribution in [0.3, 0.4) is 0 Å². The van der Waals surface area contributed by atoms with Crippen molar-refractivity contribution in [3.05, 3.63) is 90.8 Å². The van der Waals surface area contributed by atoms with Gasteiger partial charge >= 0.3 is 45.2 Å². The molecule has 0 aliphatic heterocycles. The van der Waals surface area contributed by atoms with Crippen molar-refractivity contribution in [2.75, 3.05) is 0 Å². The maximum absolute atomic E-state index is 7.50. The van der Waals surface area contributed by atoms with Gasteiger partial charge in [0.15, 0.2) is 0 Å². The molecule has 2 saturated carbocycles. The van der Waals surface area contributed by atoms with Crippen molar-refractivity contribution in [2.45, 2.75) is 6.92 Å². The van der Waals surface area contributed by atoms with E-state index in [1.807, 2.05) is 64.2 Å². The fraction of sp³-hybridized carbons (Fsp3) is 0.0588. The van der Waals surface area contributed by atoms with Crippen molar-refractivity contribution in [1.29, 1.82) is 0 Å². The normalized spacial score (nSPS) is 11.1. The van der Waals surface area contributed by atoms with Gasteiger partial charge in [-0.15, -0.1) is 12.3 Å². The van der Waals surface area contributed by atoms with Crippen LogP contribution in [0.4, 0.5) is 0 Å². The molecule has 2 fully saturated rings. The zero-order valence-electron chi connectivity index (χ0n) is 12.3. The molecule has 118 valence electrons. The Hall–Kier alpha value is -0.103. The molecule has 6 heteroatoms. The maximum atomic E-state index is 7.50. The maximum Gasteiger partial charge on any atom is 0 e. The van der Waals surface area contributed by atoms with Crippen molar-refractivity contribution in [1.82, 2.24) is 0 Å². The largest absolute Gasteiger partial charge is 0.0312 e. The average Bonchev–Trinajstić information content (AvgIpc) is 3.33. The minimum Gasteiger partial charge on any atom is -0.0312 e. The first-order valence-corrected chi connectivity index (χ1v) is 4.94. The van der Waals surface area contributed by atoms with Crippen LogP contribution in [-0.4, -0.2) is 0 Å². The summed E-state index contributed by atoms with van der Waals surface area (Å²) < 4.78 is 30.0. The van der Waals surface area contributed by atoms with Gasteiger partial charge in [0, 0.05) is 42.1 Å². The second kappa shape index (κ2) is 80.5. The second-order valence-electron chi connectivity index (χ2n) is 2.21. The number of rotatable bonds is 0. The van der Waals surface area contributed by atoms with Crippen molar-refractivity contribution >= 4 is 0 Å². The van der Waals surface area contributed by atoms with Crippen molar-refractivity contribution < 1.29 is 60.7 Å². The Morgan fingerprint density at radius 3 is 0.609 bits per heavy atom. The molecule has 23 heavy (non-hydrogen) atoms. The van der Waals surface area contributed by atoms with Crippen molar-refractivity contribution in [2.24, 2.45) is 0 Å². The van der Waals surface area contributed by atoms with Crippen LogP contribution in [0.1, 0.15) is 6.92 Å². The molecule has 2 rings (SSSR count). The molecule has 4 nitrogen and oxygen atoms in total. The Morgan fingerprint density at radius 2 is 0.565 bits per heavy atom. The number of terminal acetylenes is 1. The first-order valence-electron chi connectivity index (χ1n) is 4.94. The van der Waals surface area contributed by atoms with E-state index in [0.29, 0.717) is 0 Å². The van der Waals surface area contributed by atoms with Crippen LogP contribution in [-0.2, 0) is 60.7 Å². The third kappa shape index (κ3) is 88.5. The van der Waals surface area contributed by atoms with Gasteiger partial charge in [-0.1, -0.05) is 0 Å². The molecule has 0 heterocycles. The van der Waals surface area contributed by atoms with Gasteiger partial charge in [0.2, 0.25) is 0 Å². The number of hydrogen-bond acceptors (Lipinski definition) is 0. The predicted octanol–water partition coefficient (Wildman–Crippen LogP) is 2.53. The summed E-state index contributed by atoms with van der Waals surface area (Å²) in [4.78, 5) is 0. The Balaban J connectivity index is -0.0000000271. The van der Waals surface area contributed by atoms with Gasteiger partial charge in [0.1, 0.15) is 0 Å². The van der Waals surface area contributed by atoms with E-state index in [-0.39, 0.29) is 42.1 Å². The zero-order chi connectivity index (χ0) is 17.8. The molecule has 0 amide bonds. The molecule has 0 spiro atoms. The van der Waals surface area contributed by atoms with Crippen LogP contribution in [0.15, 0.2) is 0 Å². The molecule has 0 saturated heterocycles. The molecular weight excluding hydrogens is 460 g/mol. The SMILES string of the molecule is C#CC.[C-]#[O+].[C-]#[O+].[C-]#[O+].[C-]#[O+].[CH]1[CH][CH][CH][CH]1.[CH]1[CH][CH][CH][CH]1.[Mo].[Mo]. The summed E-state index contributed by atoms with van der Waals surface area (Å²) in [6, 6.07) is 0. The first-order chi connectivity index (χ1) is 10.4. The molecule has 0 aromatic carbocycles. The van der Waals surface area contributed by atoms with E-state index in [0.717, 1.165) is 0 Å². The van der Waals surface area contributed by atoms with E-state index in [1.54, 1.807) is 6.92 Å². The summed E-state index contributed by atoms with van der Waals surface area (Å²) in [6.45, 7) is 19.7. The Labute approximate surface area is 170 Å². The van der Waals surface area contributed by atoms with Gasteiger partial charge < -0.3 is 0 Å². The van der Waals surface area contributed by atoms with E-state index in [1.165, 1.54) is 0 Å². The van der Waals surface area contributed by atoms with Gasteiger partial charge in [-0.3, -0.25) is 0 Å². The summed E-state index contributed by atoms with van der Waals surface area (Å²) in [7, 11) is 0. The Kier molecular flexibility index (Phi) is 152.